The summed E-state index contributed by atoms with van der Waals surface area (Å²) in [6.07, 6.45) is 5.57. The molecule has 0 saturated heterocycles. The Morgan fingerprint density at radius 1 is 1.28 bits per heavy atom. The second-order valence-electron chi connectivity index (χ2n) is 4.38. The van der Waals surface area contributed by atoms with Crippen molar-refractivity contribution in [3.63, 3.8) is 0 Å². The quantitative estimate of drug-likeness (QED) is 0.508. The van der Waals surface area contributed by atoms with Crippen LogP contribution in [-0.2, 0) is 14.3 Å². The third-order valence-electron chi connectivity index (χ3n) is 2.93. The summed E-state index contributed by atoms with van der Waals surface area (Å²) in [5.41, 5.74) is 0.216. The van der Waals surface area contributed by atoms with Gasteiger partial charge in [-0.25, -0.2) is 9.59 Å². The Balaban J connectivity index is 4.25. The molecule has 0 bridgehead atoms. The number of hydrogen-bond donors (Lipinski definition) is 1. The molecule has 0 aliphatic rings. The number of esters is 1. The van der Waals surface area contributed by atoms with E-state index < -0.39 is 11.9 Å². The maximum Gasteiger partial charge on any atom is 0.334 e. The zero-order chi connectivity index (χ0) is 14.0. The van der Waals surface area contributed by atoms with Crippen molar-refractivity contribution < 1.29 is 19.4 Å². The molecule has 0 spiro atoms. The minimum Gasteiger partial charge on any atom is -0.478 e. The van der Waals surface area contributed by atoms with Crippen molar-refractivity contribution >= 4 is 11.9 Å². The largest absolute Gasteiger partial charge is 0.478 e. The van der Waals surface area contributed by atoms with Crippen molar-refractivity contribution in [2.75, 3.05) is 6.61 Å². The molecule has 104 valence electrons. The van der Waals surface area contributed by atoms with Crippen LogP contribution in [0.5, 0.6) is 0 Å². The van der Waals surface area contributed by atoms with E-state index in [0.717, 1.165) is 31.8 Å². The first-order valence-electron chi connectivity index (χ1n) is 6.65. The number of hydrogen-bond acceptors (Lipinski definition) is 3. The highest BCUT2D eigenvalue weighted by Gasteiger charge is 2.14. The van der Waals surface area contributed by atoms with Crippen molar-refractivity contribution in [2.45, 2.75) is 52.9 Å². The Morgan fingerprint density at radius 3 is 2.39 bits per heavy atom. The molecule has 0 aromatic heterocycles. The molecule has 1 unspecified atom stereocenters. The number of carbonyl (C=O) groups is 2. The number of ether oxygens (including phenoxy) is 1. The van der Waals surface area contributed by atoms with Gasteiger partial charge in [0.2, 0.25) is 0 Å². The molecule has 0 aliphatic carbocycles. The number of rotatable bonds is 9. The molecule has 0 aromatic carbocycles. The topological polar surface area (TPSA) is 63.6 Å². The van der Waals surface area contributed by atoms with Crippen LogP contribution in [0, 0.1) is 5.92 Å². The fourth-order valence-electron chi connectivity index (χ4n) is 1.64. The predicted molar refractivity (Wildman–Crippen MR) is 70.3 cm³/mol. The standard InChI is InChI=1S/C14H24O4/c1-4-7-8-11(5-2)10-18-14(17)12(6-3)9-13(15)16/h9,11H,4-8,10H2,1-3H3,(H,15,16)/b12-9-. The summed E-state index contributed by atoms with van der Waals surface area (Å²) in [4.78, 5) is 22.2. The fraction of sp³-hybridized carbons (Fsp3) is 0.714. The highest BCUT2D eigenvalue weighted by molar-refractivity contribution is 5.95. The summed E-state index contributed by atoms with van der Waals surface area (Å²) >= 11 is 0. The normalized spacial score (nSPS) is 13.2. The predicted octanol–water partition coefficient (Wildman–Crippen LogP) is 3.17. The van der Waals surface area contributed by atoms with E-state index in [1.807, 2.05) is 0 Å². The van der Waals surface area contributed by atoms with E-state index in [-0.39, 0.29) is 5.57 Å². The van der Waals surface area contributed by atoms with Gasteiger partial charge in [-0.3, -0.25) is 0 Å². The Labute approximate surface area is 109 Å². The number of carboxylic acid groups (broad SMARTS) is 1. The van der Waals surface area contributed by atoms with Gasteiger partial charge in [0, 0.05) is 11.6 Å². The van der Waals surface area contributed by atoms with Gasteiger partial charge in [0.15, 0.2) is 0 Å². The Hall–Kier alpha value is -1.32. The lowest BCUT2D eigenvalue weighted by molar-refractivity contribution is -0.141. The van der Waals surface area contributed by atoms with E-state index in [1.54, 1.807) is 6.92 Å². The summed E-state index contributed by atoms with van der Waals surface area (Å²) in [7, 11) is 0. The van der Waals surface area contributed by atoms with Crippen LogP contribution in [0.1, 0.15) is 52.9 Å². The van der Waals surface area contributed by atoms with Crippen LogP contribution in [0.2, 0.25) is 0 Å². The van der Waals surface area contributed by atoms with Crippen LogP contribution < -0.4 is 0 Å². The molecule has 4 nitrogen and oxygen atoms in total. The zero-order valence-corrected chi connectivity index (χ0v) is 11.6. The van der Waals surface area contributed by atoms with Crippen LogP contribution >= 0.6 is 0 Å². The highest BCUT2D eigenvalue weighted by atomic mass is 16.5. The Kier molecular flexibility index (Phi) is 8.97. The van der Waals surface area contributed by atoms with Gasteiger partial charge >= 0.3 is 11.9 Å². The van der Waals surface area contributed by atoms with Gasteiger partial charge in [-0.15, -0.1) is 0 Å². The van der Waals surface area contributed by atoms with Crippen molar-refractivity contribution in [3.8, 4) is 0 Å². The fourth-order valence-corrected chi connectivity index (χ4v) is 1.64. The molecule has 0 radical (unpaired) electrons. The number of aliphatic carboxylic acids is 1. The minimum atomic E-state index is -1.11. The van der Waals surface area contributed by atoms with Crippen LogP contribution in [0.3, 0.4) is 0 Å². The molecule has 0 amide bonds. The van der Waals surface area contributed by atoms with Gasteiger partial charge in [0.1, 0.15) is 0 Å². The Bertz CT molecular complexity index is 294. The average Bonchev–Trinajstić information content (AvgIpc) is 2.35. The van der Waals surface area contributed by atoms with E-state index in [0.29, 0.717) is 18.9 Å². The van der Waals surface area contributed by atoms with Crippen molar-refractivity contribution in [1.29, 1.82) is 0 Å². The first-order valence-corrected chi connectivity index (χ1v) is 6.65. The molecule has 1 N–H and O–H groups in total. The summed E-state index contributed by atoms with van der Waals surface area (Å²) < 4.78 is 5.18. The third-order valence-corrected chi connectivity index (χ3v) is 2.93. The molecule has 0 rings (SSSR count). The average molecular weight is 256 g/mol. The second kappa shape index (κ2) is 9.68. The lowest BCUT2D eigenvalue weighted by atomic mass is 10.0. The zero-order valence-electron chi connectivity index (χ0n) is 11.6. The lowest BCUT2D eigenvalue weighted by Gasteiger charge is -2.15. The summed E-state index contributed by atoms with van der Waals surface area (Å²) in [5, 5.41) is 8.62. The highest BCUT2D eigenvalue weighted by Crippen LogP contribution is 2.14. The first kappa shape index (κ1) is 16.7. The summed E-state index contributed by atoms with van der Waals surface area (Å²) in [6.45, 7) is 6.32. The van der Waals surface area contributed by atoms with E-state index in [1.165, 1.54) is 0 Å². The molecule has 0 saturated carbocycles. The maximum absolute atomic E-state index is 11.7. The minimum absolute atomic E-state index is 0.216. The van der Waals surface area contributed by atoms with Gasteiger partial charge < -0.3 is 9.84 Å². The van der Waals surface area contributed by atoms with Gasteiger partial charge in [0.25, 0.3) is 0 Å². The Morgan fingerprint density at radius 2 is 1.94 bits per heavy atom. The molecular formula is C14H24O4. The van der Waals surface area contributed by atoms with Gasteiger partial charge in [-0.2, -0.15) is 0 Å². The molecule has 18 heavy (non-hydrogen) atoms. The summed E-state index contributed by atoms with van der Waals surface area (Å²) in [5.74, 6) is -1.24. The van der Waals surface area contributed by atoms with Gasteiger partial charge in [-0.1, -0.05) is 40.0 Å². The van der Waals surface area contributed by atoms with Crippen LogP contribution in [0.25, 0.3) is 0 Å². The van der Waals surface area contributed by atoms with Gasteiger partial charge in [0.05, 0.1) is 6.61 Å². The molecule has 0 aliphatic heterocycles. The molecule has 4 heteroatoms. The van der Waals surface area contributed by atoms with Crippen molar-refractivity contribution in [1.82, 2.24) is 0 Å². The monoisotopic (exact) mass is 256 g/mol. The molecule has 0 heterocycles. The number of carbonyl (C=O) groups excluding carboxylic acids is 1. The number of carboxylic acids is 1. The molecular weight excluding hydrogens is 232 g/mol. The second-order valence-corrected chi connectivity index (χ2v) is 4.38. The first-order chi connectivity index (χ1) is 8.54. The molecule has 0 fully saturated rings. The van der Waals surface area contributed by atoms with E-state index in [4.69, 9.17) is 9.84 Å². The van der Waals surface area contributed by atoms with E-state index >= 15 is 0 Å². The number of unbranched alkanes of at least 4 members (excludes halogenated alkanes) is 1. The van der Waals surface area contributed by atoms with E-state index in [9.17, 15) is 9.59 Å². The van der Waals surface area contributed by atoms with Crippen molar-refractivity contribution in [3.05, 3.63) is 11.6 Å². The van der Waals surface area contributed by atoms with Crippen LogP contribution in [0.4, 0.5) is 0 Å². The summed E-state index contributed by atoms with van der Waals surface area (Å²) in [6, 6.07) is 0. The lowest BCUT2D eigenvalue weighted by Crippen LogP contribution is -2.16. The SMILES string of the molecule is CCCCC(CC)COC(=O)/C(=C\C(=O)O)CC. The van der Waals surface area contributed by atoms with E-state index in [2.05, 4.69) is 13.8 Å². The van der Waals surface area contributed by atoms with Crippen LogP contribution in [0.15, 0.2) is 11.6 Å². The van der Waals surface area contributed by atoms with Crippen LogP contribution in [-0.4, -0.2) is 23.7 Å². The maximum atomic E-state index is 11.7. The van der Waals surface area contributed by atoms with Gasteiger partial charge in [-0.05, 0) is 18.8 Å². The van der Waals surface area contributed by atoms with Crippen molar-refractivity contribution in [2.24, 2.45) is 5.92 Å². The molecule has 1 atom stereocenters. The molecule has 0 aromatic rings. The smallest absolute Gasteiger partial charge is 0.334 e. The third kappa shape index (κ3) is 7.09.